The second-order valence-corrected chi connectivity index (χ2v) is 8.37. The quantitative estimate of drug-likeness (QED) is 0.483. The lowest BCUT2D eigenvalue weighted by Gasteiger charge is -2.19. The standard InChI is InChI=1S/C24H26N4O4/c1-13-10-11-16(12-14(13)2)28-23(30)21(15(3)27-28)26-25-20-9-5-7-18(22(20)29)17-6-4-8-19(17)24(31)32/h5,7,9-12,17,19,25,29H,4,6,8H2,1-3H3,(H,31,32). The maximum atomic E-state index is 12.9. The number of nitrogens with one attached hydrogen (secondary N) is 1. The van der Waals surface area contributed by atoms with E-state index < -0.39 is 11.9 Å². The lowest BCUT2D eigenvalue weighted by molar-refractivity contribution is -0.142. The molecule has 2 aromatic carbocycles. The summed E-state index contributed by atoms with van der Waals surface area (Å²) in [6, 6.07) is 10.8. The fourth-order valence-electron chi connectivity index (χ4n) is 4.35. The van der Waals surface area contributed by atoms with E-state index in [-0.39, 0.29) is 23.3 Å². The molecule has 0 radical (unpaired) electrons. The van der Waals surface area contributed by atoms with Gasteiger partial charge in [-0.25, -0.2) is 0 Å². The summed E-state index contributed by atoms with van der Waals surface area (Å²) in [5, 5.41) is 30.2. The lowest BCUT2D eigenvalue weighted by Crippen LogP contribution is -2.28. The van der Waals surface area contributed by atoms with Crippen molar-refractivity contribution in [3.05, 3.63) is 53.1 Å². The predicted molar refractivity (Wildman–Crippen MR) is 123 cm³/mol. The number of phenolic OH excluding ortho intramolecular Hbond substituents is 1. The second-order valence-electron chi connectivity index (χ2n) is 8.37. The number of hydrazone groups is 2. The molecule has 0 aromatic heterocycles. The Kier molecular flexibility index (Phi) is 5.69. The molecule has 2 atom stereocenters. The molecular formula is C24H26N4O4. The Morgan fingerprint density at radius 2 is 1.94 bits per heavy atom. The van der Waals surface area contributed by atoms with Crippen molar-refractivity contribution >= 4 is 34.7 Å². The Balaban J connectivity index is 1.57. The van der Waals surface area contributed by atoms with Crippen molar-refractivity contribution in [2.24, 2.45) is 16.1 Å². The summed E-state index contributed by atoms with van der Waals surface area (Å²) in [7, 11) is 0. The maximum Gasteiger partial charge on any atom is 0.307 e. The van der Waals surface area contributed by atoms with Gasteiger partial charge in [-0.05, 0) is 62.9 Å². The molecule has 1 heterocycles. The van der Waals surface area contributed by atoms with Crippen molar-refractivity contribution in [2.75, 3.05) is 10.4 Å². The third-order valence-electron chi connectivity index (χ3n) is 6.31. The van der Waals surface area contributed by atoms with Gasteiger partial charge in [0, 0.05) is 11.5 Å². The van der Waals surface area contributed by atoms with Crippen LogP contribution in [0.1, 0.15) is 48.8 Å². The number of carbonyl (C=O) groups excluding carboxylic acids is 1. The van der Waals surface area contributed by atoms with Gasteiger partial charge in [-0.15, -0.1) is 0 Å². The van der Waals surface area contributed by atoms with Crippen molar-refractivity contribution in [2.45, 2.75) is 46.0 Å². The van der Waals surface area contributed by atoms with Crippen LogP contribution in [0, 0.1) is 19.8 Å². The van der Waals surface area contributed by atoms with Gasteiger partial charge in [0.25, 0.3) is 0 Å². The molecule has 0 bridgehead atoms. The first-order chi connectivity index (χ1) is 15.3. The minimum absolute atomic E-state index is 0.0407. The Morgan fingerprint density at radius 1 is 1.16 bits per heavy atom. The summed E-state index contributed by atoms with van der Waals surface area (Å²) in [6.45, 7) is 5.67. The zero-order chi connectivity index (χ0) is 23.0. The van der Waals surface area contributed by atoms with Crippen LogP contribution in [0.25, 0.3) is 0 Å². The average Bonchev–Trinajstić information content (AvgIpc) is 3.35. The van der Waals surface area contributed by atoms with Crippen LogP contribution in [0.15, 0.2) is 46.6 Å². The van der Waals surface area contributed by atoms with E-state index in [9.17, 15) is 19.8 Å². The number of aryl methyl sites for hydroxylation is 2. The molecule has 8 heteroatoms. The van der Waals surface area contributed by atoms with Gasteiger partial charge >= 0.3 is 11.9 Å². The summed E-state index contributed by atoms with van der Waals surface area (Å²) >= 11 is 0. The maximum absolute atomic E-state index is 12.9. The van der Waals surface area contributed by atoms with Gasteiger partial charge in [0.2, 0.25) is 0 Å². The molecule has 166 valence electrons. The van der Waals surface area contributed by atoms with E-state index in [0.717, 1.165) is 17.5 Å². The number of anilines is 2. The molecular weight excluding hydrogens is 408 g/mol. The van der Waals surface area contributed by atoms with Crippen LogP contribution in [0.4, 0.5) is 11.4 Å². The largest absolute Gasteiger partial charge is 0.505 e. The van der Waals surface area contributed by atoms with Gasteiger partial charge in [0.05, 0.1) is 23.0 Å². The molecule has 2 aliphatic rings. The Hall–Kier alpha value is -3.68. The molecule has 1 fully saturated rings. The van der Waals surface area contributed by atoms with E-state index in [1.165, 1.54) is 5.01 Å². The molecule has 1 aliphatic heterocycles. The smallest absolute Gasteiger partial charge is 0.307 e. The summed E-state index contributed by atoms with van der Waals surface area (Å²) in [4.78, 5) is 24.5. The Labute approximate surface area is 186 Å². The number of hydrogen-bond donors (Lipinski definition) is 3. The van der Waals surface area contributed by atoms with Gasteiger partial charge in [-0.1, -0.05) is 24.6 Å². The van der Waals surface area contributed by atoms with E-state index >= 15 is 0 Å². The minimum atomic E-state index is -0.847. The van der Waals surface area contributed by atoms with Crippen molar-refractivity contribution in [1.29, 1.82) is 0 Å². The number of nitrogens with zero attached hydrogens (tertiary/aromatic N) is 3. The number of hydrogen-bond acceptors (Lipinski definition) is 6. The van der Waals surface area contributed by atoms with Gasteiger partial charge < -0.3 is 10.2 Å². The number of benzene rings is 2. The molecule has 32 heavy (non-hydrogen) atoms. The third-order valence-corrected chi connectivity index (χ3v) is 6.31. The number of phenols is 1. The van der Waals surface area contributed by atoms with Crippen molar-refractivity contribution < 1.29 is 19.8 Å². The van der Waals surface area contributed by atoms with Gasteiger partial charge in [-0.2, -0.15) is 15.2 Å². The molecule has 1 amide bonds. The molecule has 0 spiro atoms. The number of aromatic hydroxyl groups is 1. The normalized spacial score (nSPS) is 21.8. The van der Waals surface area contributed by atoms with Gasteiger partial charge in [-0.3, -0.25) is 15.0 Å². The number of carboxylic acids is 1. The molecule has 3 N–H and O–H groups in total. The van der Waals surface area contributed by atoms with Crippen LogP contribution >= 0.6 is 0 Å². The van der Waals surface area contributed by atoms with Crippen LogP contribution in [0.2, 0.25) is 0 Å². The van der Waals surface area contributed by atoms with E-state index in [4.69, 9.17) is 0 Å². The number of para-hydroxylation sites is 1. The average molecular weight is 434 g/mol. The van der Waals surface area contributed by atoms with Crippen molar-refractivity contribution in [3.63, 3.8) is 0 Å². The number of rotatable bonds is 5. The van der Waals surface area contributed by atoms with Gasteiger partial charge in [0.1, 0.15) is 5.75 Å². The second kappa shape index (κ2) is 8.45. The Morgan fingerprint density at radius 3 is 2.66 bits per heavy atom. The fraction of sp³-hybridized carbons (Fsp3) is 0.333. The first-order valence-corrected chi connectivity index (χ1v) is 10.6. The predicted octanol–water partition coefficient (Wildman–Crippen LogP) is 4.17. The number of amides is 1. The minimum Gasteiger partial charge on any atom is -0.505 e. The zero-order valence-corrected chi connectivity index (χ0v) is 18.3. The van der Waals surface area contributed by atoms with Crippen LogP contribution in [0.3, 0.4) is 0 Å². The molecule has 8 nitrogen and oxygen atoms in total. The number of carboxylic acid groups (broad SMARTS) is 1. The monoisotopic (exact) mass is 434 g/mol. The Bertz CT molecular complexity index is 1150. The highest BCUT2D eigenvalue weighted by molar-refractivity contribution is 6.71. The fourth-order valence-corrected chi connectivity index (χ4v) is 4.35. The highest BCUT2D eigenvalue weighted by atomic mass is 16.4. The zero-order valence-electron chi connectivity index (χ0n) is 18.3. The van der Waals surface area contributed by atoms with E-state index in [1.54, 1.807) is 25.1 Å². The molecule has 1 saturated carbocycles. The van der Waals surface area contributed by atoms with Crippen LogP contribution < -0.4 is 10.4 Å². The van der Waals surface area contributed by atoms with Crippen molar-refractivity contribution in [3.8, 4) is 5.75 Å². The summed E-state index contributed by atoms with van der Waals surface area (Å²) < 4.78 is 0. The highest BCUT2D eigenvalue weighted by Gasteiger charge is 2.36. The molecule has 1 aliphatic carbocycles. The summed E-state index contributed by atoms with van der Waals surface area (Å²) in [5.41, 5.74) is 7.13. The first kappa shape index (κ1) is 21.5. The lowest BCUT2D eigenvalue weighted by atomic mass is 9.88. The van der Waals surface area contributed by atoms with E-state index in [0.29, 0.717) is 35.5 Å². The third kappa shape index (κ3) is 3.84. The molecule has 2 aromatic rings. The highest BCUT2D eigenvalue weighted by Crippen LogP contribution is 2.45. The number of aliphatic carboxylic acids is 1. The van der Waals surface area contributed by atoms with E-state index in [1.807, 2.05) is 32.0 Å². The van der Waals surface area contributed by atoms with Crippen LogP contribution in [-0.2, 0) is 9.59 Å². The van der Waals surface area contributed by atoms with Gasteiger partial charge in [0.15, 0.2) is 5.71 Å². The summed E-state index contributed by atoms with van der Waals surface area (Å²) in [5.74, 6) is -2.02. The number of carbonyl (C=O) groups is 2. The van der Waals surface area contributed by atoms with Crippen molar-refractivity contribution in [1.82, 2.24) is 0 Å². The molecule has 4 rings (SSSR count). The molecule has 0 saturated heterocycles. The van der Waals surface area contributed by atoms with Crippen LogP contribution in [-0.4, -0.2) is 33.5 Å². The summed E-state index contributed by atoms with van der Waals surface area (Å²) in [6.07, 6.45) is 2.11. The van der Waals surface area contributed by atoms with Crippen LogP contribution in [0.5, 0.6) is 5.75 Å². The SMILES string of the molecule is CC1=NN(c2ccc(C)c(C)c2)C(=O)C1=NNc1cccc(C2CCCC2C(=O)O)c1O. The van der Waals surface area contributed by atoms with E-state index in [2.05, 4.69) is 15.6 Å². The molecule has 2 unspecified atom stereocenters. The topological polar surface area (TPSA) is 115 Å². The first-order valence-electron chi connectivity index (χ1n) is 10.6.